The van der Waals surface area contributed by atoms with Gasteiger partial charge in [-0.2, -0.15) is 0 Å². The summed E-state index contributed by atoms with van der Waals surface area (Å²) in [7, 11) is 0. The van der Waals surface area contributed by atoms with Crippen LogP contribution in [0.1, 0.15) is 25.2 Å². The number of aryl methyl sites for hydroxylation is 2. The molecule has 1 aromatic heterocycles. The number of ether oxygens (including phenoxy) is 1. The molecule has 1 atom stereocenters. The molecule has 3 aromatic rings. The highest BCUT2D eigenvalue weighted by Gasteiger charge is 2.13. The summed E-state index contributed by atoms with van der Waals surface area (Å²) < 4.78 is 7.80. The fraction of sp³-hybridized carbons (Fsp3) is 0.350. The number of fused-ring (bicyclic) bond motifs is 1. The maximum absolute atomic E-state index is 10.4. The molecule has 1 N–H and O–H groups in total. The minimum atomic E-state index is -0.584. The van der Waals surface area contributed by atoms with Crippen molar-refractivity contribution >= 4 is 11.0 Å². The molecule has 1 heterocycles. The first-order valence-electron chi connectivity index (χ1n) is 8.55. The standard InChI is InChI=1S/C20H24N2O2/c1-3-15-9-11-17(12-10-15)24-14-16(23)13-22-19-8-6-5-7-18(19)21-20(22)4-2/h5-12,16,23H,3-4,13-14H2,1-2H3/t16-/m0/s1. The second kappa shape index (κ2) is 7.49. The zero-order valence-corrected chi connectivity index (χ0v) is 14.3. The summed E-state index contributed by atoms with van der Waals surface area (Å²) in [5, 5.41) is 10.4. The summed E-state index contributed by atoms with van der Waals surface area (Å²) in [5.74, 6) is 1.78. The van der Waals surface area contributed by atoms with Crippen molar-refractivity contribution in [3.63, 3.8) is 0 Å². The van der Waals surface area contributed by atoms with Crippen LogP contribution in [0.2, 0.25) is 0 Å². The molecule has 0 saturated heterocycles. The Morgan fingerprint density at radius 2 is 1.79 bits per heavy atom. The summed E-state index contributed by atoms with van der Waals surface area (Å²) in [6.45, 7) is 4.95. The fourth-order valence-corrected chi connectivity index (χ4v) is 2.88. The van der Waals surface area contributed by atoms with Crippen molar-refractivity contribution in [2.24, 2.45) is 0 Å². The van der Waals surface area contributed by atoms with Crippen molar-refractivity contribution in [3.05, 3.63) is 59.9 Å². The number of rotatable bonds is 7. The molecule has 4 heteroatoms. The largest absolute Gasteiger partial charge is 0.491 e. The monoisotopic (exact) mass is 324 g/mol. The van der Waals surface area contributed by atoms with Crippen LogP contribution in [0.25, 0.3) is 11.0 Å². The van der Waals surface area contributed by atoms with Crippen molar-refractivity contribution in [2.75, 3.05) is 6.61 Å². The SMILES string of the molecule is CCc1ccc(OC[C@@H](O)Cn2c(CC)nc3ccccc32)cc1. The van der Waals surface area contributed by atoms with Crippen LogP contribution >= 0.6 is 0 Å². The van der Waals surface area contributed by atoms with Crippen LogP contribution in [-0.2, 0) is 19.4 Å². The van der Waals surface area contributed by atoms with Crippen molar-refractivity contribution in [1.82, 2.24) is 9.55 Å². The van der Waals surface area contributed by atoms with Crippen molar-refractivity contribution in [1.29, 1.82) is 0 Å². The predicted octanol–water partition coefficient (Wildman–Crippen LogP) is 3.60. The third-order valence-corrected chi connectivity index (χ3v) is 4.22. The maximum Gasteiger partial charge on any atom is 0.119 e. The van der Waals surface area contributed by atoms with E-state index in [-0.39, 0.29) is 6.61 Å². The van der Waals surface area contributed by atoms with Crippen LogP contribution in [0.3, 0.4) is 0 Å². The molecule has 0 fully saturated rings. The minimum absolute atomic E-state index is 0.265. The minimum Gasteiger partial charge on any atom is -0.491 e. The molecule has 0 radical (unpaired) electrons. The number of benzene rings is 2. The van der Waals surface area contributed by atoms with Crippen LogP contribution in [-0.4, -0.2) is 27.4 Å². The highest BCUT2D eigenvalue weighted by atomic mass is 16.5. The van der Waals surface area contributed by atoms with E-state index in [1.165, 1.54) is 5.56 Å². The second-order valence-corrected chi connectivity index (χ2v) is 5.94. The first-order chi connectivity index (χ1) is 11.7. The lowest BCUT2D eigenvalue weighted by molar-refractivity contribution is 0.0927. The average Bonchev–Trinajstić information content (AvgIpc) is 2.98. The molecule has 126 valence electrons. The highest BCUT2D eigenvalue weighted by molar-refractivity contribution is 5.75. The average molecular weight is 324 g/mol. The number of aromatic nitrogens is 2. The van der Waals surface area contributed by atoms with E-state index in [4.69, 9.17) is 4.74 Å². The van der Waals surface area contributed by atoms with Gasteiger partial charge in [-0.15, -0.1) is 0 Å². The second-order valence-electron chi connectivity index (χ2n) is 5.94. The molecular weight excluding hydrogens is 300 g/mol. The van der Waals surface area contributed by atoms with E-state index in [9.17, 15) is 5.11 Å². The fourth-order valence-electron chi connectivity index (χ4n) is 2.88. The van der Waals surface area contributed by atoms with E-state index >= 15 is 0 Å². The van der Waals surface area contributed by atoms with Crippen molar-refractivity contribution in [3.8, 4) is 5.75 Å². The van der Waals surface area contributed by atoms with Gasteiger partial charge in [0.1, 0.15) is 24.3 Å². The van der Waals surface area contributed by atoms with Gasteiger partial charge in [-0.1, -0.05) is 38.1 Å². The van der Waals surface area contributed by atoms with Gasteiger partial charge in [-0.3, -0.25) is 0 Å². The third-order valence-electron chi connectivity index (χ3n) is 4.22. The quantitative estimate of drug-likeness (QED) is 0.722. The van der Waals surface area contributed by atoms with Gasteiger partial charge in [0.25, 0.3) is 0 Å². The van der Waals surface area contributed by atoms with Gasteiger partial charge in [-0.25, -0.2) is 4.98 Å². The zero-order chi connectivity index (χ0) is 16.9. The van der Waals surface area contributed by atoms with E-state index in [0.717, 1.165) is 35.4 Å². The molecule has 0 amide bonds. The Morgan fingerprint density at radius 1 is 1.04 bits per heavy atom. The van der Waals surface area contributed by atoms with E-state index in [1.54, 1.807) is 0 Å². The molecule has 0 bridgehead atoms. The summed E-state index contributed by atoms with van der Waals surface area (Å²) in [6, 6.07) is 16.0. The van der Waals surface area contributed by atoms with Crippen LogP contribution in [0.5, 0.6) is 5.75 Å². The van der Waals surface area contributed by atoms with Crippen LogP contribution in [0.4, 0.5) is 0 Å². The Kier molecular flexibility index (Phi) is 5.16. The van der Waals surface area contributed by atoms with E-state index < -0.39 is 6.10 Å². The molecule has 0 aliphatic rings. The molecule has 0 spiro atoms. The summed E-state index contributed by atoms with van der Waals surface area (Å²) in [5.41, 5.74) is 3.30. The van der Waals surface area contributed by atoms with Gasteiger partial charge in [0, 0.05) is 6.42 Å². The van der Waals surface area contributed by atoms with Gasteiger partial charge < -0.3 is 14.4 Å². The van der Waals surface area contributed by atoms with Gasteiger partial charge in [-0.05, 0) is 36.2 Å². The molecule has 0 aliphatic carbocycles. The topological polar surface area (TPSA) is 47.3 Å². The number of hydrogen-bond donors (Lipinski definition) is 1. The Bertz CT molecular complexity index is 793. The van der Waals surface area contributed by atoms with Gasteiger partial charge in [0.05, 0.1) is 17.6 Å². The van der Waals surface area contributed by atoms with Crippen LogP contribution in [0, 0.1) is 0 Å². The van der Waals surface area contributed by atoms with Crippen molar-refractivity contribution in [2.45, 2.75) is 39.3 Å². The maximum atomic E-state index is 10.4. The van der Waals surface area contributed by atoms with E-state index in [2.05, 4.69) is 35.5 Å². The normalized spacial score (nSPS) is 12.5. The zero-order valence-electron chi connectivity index (χ0n) is 14.3. The van der Waals surface area contributed by atoms with Gasteiger partial charge >= 0.3 is 0 Å². The van der Waals surface area contributed by atoms with Gasteiger partial charge in [0.15, 0.2) is 0 Å². The lowest BCUT2D eigenvalue weighted by Gasteiger charge is -2.15. The summed E-state index contributed by atoms with van der Waals surface area (Å²) >= 11 is 0. The van der Waals surface area contributed by atoms with Crippen molar-refractivity contribution < 1.29 is 9.84 Å². The molecular formula is C20H24N2O2. The van der Waals surface area contributed by atoms with Crippen LogP contribution in [0.15, 0.2) is 48.5 Å². The van der Waals surface area contributed by atoms with Gasteiger partial charge in [0.2, 0.25) is 0 Å². The smallest absolute Gasteiger partial charge is 0.119 e. The predicted molar refractivity (Wildman–Crippen MR) is 96.4 cm³/mol. The molecule has 2 aromatic carbocycles. The summed E-state index contributed by atoms with van der Waals surface area (Å²) in [6.07, 6.45) is 1.26. The lowest BCUT2D eigenvalue weighted by Crippen LogP contribution is -2.24. The van der Waals surface area contributed by atoms with E-state index in [1.807, 2.05) is 36.4 Å². The number of imidazole rings is 1. The molecule has 3 rings (SSSR count). The lowest BCUT2D eigenvalue weighted by atomic mass is 10.2. The Balaban J connectivity index is 1.67. The first kappa shape index (κ1) is 16.5. The molecule has 0 aliphatic heterocycles. The summed E-state index contributed by atoms with van der Waals surface area (Å²) in [4.78, 5) is 4.63. The molecule has 4 nitrogen and oxygen atoms in total. The molecule has 0 saturated carbocycles. The van der Waals surface area contributed by atoms with E-state index in [0.29, 0.717) is 6.54 Å². The first-order valence-corrected chi connectivity index (χ1v) is 8.55. The number of para-hydroxylation sites is 2. The third kappa shape index (κ3) is 3.60. The number of hydrogen-bond acceptors (Lipinski definition) is 3. The Labute approximate surface area is 142 Å². The highest BCUT2D eigenvalue weighted by Crippen LogP contribution is 2.18. The number of aliphatic hydroxyl groups excluding tert-OH is 1. The number of aliphatic hydroxyl groups is 1. The molecule has 24 heavy (non-hydrogen) atoms. The Morgan fingerprint density at radius 3 is 2.50 bits per heavy atom. The Hall–Kier alpha value is -2.33. The molecule has 0 unspecified atom stereocenters. The number of nitrogens with zero attached hydrogens (tertiary/aromatic N) is 2. The van der Waals surface area contributed by atoms with Crippen LogP contribution < -0.4 is 4.74 Å².